The summed E-state index contributed by atoms with van der Waals surface area (Å²) in [5, 5.41) is 0. The summed E-state index contributed by atoms with van der Waals surface area (Å²) in [6.07, 6.45) is 10.0. The molecular weight excluding hydrogens is 280 g/mol. The van der Waals surface area contributed by atoms with Crippen LogP contribution in [-0.4, -0.2) is 11.9 Å². The number of rotatable bonds is 8. The molecular formula is C18H22O4. The molecule has 1 aromatic rings. The third-order valence-corrected chi connectivity index (χ3v) is 2.79. The lowest BCUT2D eigenvalue weighted by molar-refractivity contribution is 0.0661. The molecule has 0 unspecified atom stereocenters. The quantitative estimate of drug-likeness (QED) is 0.519. The number of carbonyl (C=O) groups excluding carboxylic acids is 2. The van der Waals surface area contributed by atoms with Gasteiger partial charge in [0.2, 0.25) is 0 Å². The van der Waals surface area contributed by atoms with Gasteiger partial charge < -0.3 is 9.47 Å². The first-order valence-electron chi connectivity index (χ1n) is 7.51. The van der Waals surface area contributed by atoms with Gasteiger partial charge in [-0.15, -0.1) is 0 Å². The Bertz CT molecular complexity index is 499. The summed E-state index contributed by atoms with van der Waals surface area (Å²) in [6.45, 7) is 4.08. The molecule has 0 radical (unpaired) electrons. The molecule has 0 aromatic heterocycles. The van der Waals surface area contributed by atoms with Crippen molar-refractivity contribution >= 4 is 11.9 Å². The monoisotopic (exact) mass is 302 g/mol. The maximum atomic E-state index is 11.8. The van der Waals surface area contributed by atoms with E-state index in [2.05, 4.69) is 0 Å². The summed E-state index contributed by atoms with van der Waals surface area (Å²) < 4.78 is 9.98. The highest BCUT2D eigenvalue weighted by Crippen LogP contribution is 2.09. The van der Waals surface area contributed by atoms with Crippen LogP contribution in [0.1, 0.15) is 60.2 Å². The molecule has 22 heavy (non-hydrogen) atoms. The number of hydrogen-bond acceptors (Lipinski definition) is 4. The Morgan fingerprint density at radius 3 is 1.77 bits per heavy atom. The molecule has 0 saturated heterocycles. The number of hydrogen-bond donors (Lipinski definition) is 0. The lowest BCUT2D eigenvalue weighted by atomic mass is 10.1. The van der Waals surface area contributed by atoms with E-state index in [1.807, 2.05) is 13.8 Å². The molecule has 0 spiro atoms. The first-order valence-corrected chi connectivity index (χ1v) is 7.51. The summed E-state index contributed by atoms with van der Waals surface area (Å²) in [5.74, 6) is -0.993. The summed E-state index contributed by atoms with van der Waals surface area (Å²) in [5.41, 5.74) is 0.626. The molecule has 4 nitrogen and oxygen atoms in total. The molecule has 0 aliphatic heterocycles. The van der Waals surface area contributed by atoms with Gasteiger partial charge in [0.05, 0.1) is 23.7 Å². The van der Waals surface area contributed by atoms with Gasteiger partial charge >= 0.3 is 11.9 Å². The van der Waals surface area contributed by atoms with Gasteiger partial charge in [-0.2, -0.15) is 0 Å². The summed E-state index contributed by atoms with van der Waals surface area (Å²) in [4.78, 5) is 23.7. The zero-order chi connectivity index (χ0) is 16.2. The lowest BCUT2D eigenvalue weighted by Crippen LogP contribution is -2.05. The number of esters is 2. The smallest absolute Gasteiger partial charge is 0.342 e. The van der Waals surface area contributed by atoms with E-state index in [4.69, 9.17) is 9.47 Å². The zero-order valence-corrected chi connectivity index (χ0v) is 13.1. The van der Waals surface area contributed by atoms with Crippen LogP contribution in [0.15, 0.2) is 48.9 Å². The van der Waals surface area contributed by atoms with Gasteiger partial charge in [-0.3, -0.25) is 0 Å². The fourth-order valence-electron chi connectivity index (χ4n) is 1.60. The molecule has 0 fully saturated rings. The van der Waals surface area contributed by atoms with Crippen molar-refractivity contribution < 1.29 is 19.1 Å². The molecule has 0 saturated carbocycles. The fraction of sp³-hybridized carbons (Fsp3) is 0.333. The van der Waals surface area contributed by atoms with Gasteiger partial charge in [-0.1, -0.05) is 32.8 Å². The molecule has 118 valence electrons. The van der Waals surface area contributed by atoms with Crippen LogP contribution in [-0.2, 0) is 9.47 Å². The molecule has 0 amide bonds. The topological polar surface area (TPSA) is 52.6 Å². The van der Waals surface area contributed by atoms with Crippen molar-refractivity contribution in [3.8, 4) is 0 Å². The number of carbonyl (C=O) groups is 2. The van der Waals surface area contributed by atoms with Crippen molar-refractivity contribution in [1.29, 1.82) is 0 Å². The standard InChI is InChI=1S/C18H22O4/c1-3-5-7-12-21-17(19)15-10-9-11-16(14-15)18(20)22-13-8-6-4-2/h7-14H,3-6H2,1-2H3. The third-order valence-electron chi connectivity index (χ3n) is 2.79. The maximum Gasteiger partial charge on any atom is 0.342 e. The van der Waals surface area contributed by atoms with E-state index in [0.717, 1.165) is 25.7 Å². The third kappa shape index (κ3) is 6.39. The lowest BCUT2D eigenvalue weighted by Gasteiger charge is -2.03. The fourth-order valence-corrected chi connectivity index (χ4v) is 1.60. The zero-order valence-electron chi connectivity index (χ0n) is 13.1. The Hall–Kier alpha value is -2.36. The van der Waals surface area contributed by atoms with E-state index in [1.54, 1.807) is 30.4 Å². The van der Waals surface area contributed by atoms with Crippen molar-refractivity contribution in [3.63, 3.8) is 0 Å². The van der Waals surface area contributed by atoms with Crippen LogP contribution in [0.25, 0.3) is 0 Å². The van der Waals surface area contributed by atoms with Crippen LogP contribution < -0.4 is 0 Å². The average molecular weight is 302 g/mol. The van der Waals surface area contributed by atoms with Crippen molar-refractivity contribution in [1.82, 2.24) is 0 Å². The molecule has 0 bridgehead atoms. The van der Waals surface area contributed by atoms with Crippen molar-refractivity contribution in [3.05, 3.63) is 60.1 Å². The Labute approximate surface area is 131 Å². The molecule has 0 aliphatic rings. The average Bonchev–Trinajstić information content (AvgIpc) is 2.55. The summed E-state index contributed by atoms with van der Waals surface area (Å²) in [6, 6.07) is 6.28. The van der Waals surface area contributed by atoms with Crippen LogP contribution in [0.3, 0.4) is 0 Å². The Kier molecular flexibility index (Phi) is 8.35. The largest absolute Gasteiger partial charge is 0.431 e. The highest BCUT2D eigenvalue weighted by atomic mass is 16.5. The maximum absolute atomic E-state index is 11.8. The predicted molar refractivity (Wildman–Crippen MR) is 85.4 cm³/mol. The van der Waals surface area contributed by atoms with Gasteiger partial charge in [0, 0.05) is 0 Å². The van der Waals surface area contributed by atoms with E-state index >= 15 is 0 Å². The second-order valence-electron chi connectivity index (χ2n) is 4.71. The van der Waals surface area contributed by atoms with Crippen LogP contribution in [0.5, 0.6) is 0 Å². The van der Waals surface area contributed by atoms with Gasteiger partial charge in [0.1, 0.15) is 0 Å². The molecule has 1 aromatic carbocycles. The van der Waals surface area contributed by atoms with Crippen molar-refractivity contribution in [2.45, 2.75) is 39.5 Å². The number of unbranched alkanes of at least 4 members (excludes halogenated alkanes) is 2. The van der Waals surface area contributed by atoms with E-state index in [1.165, 1.54) is 18.6 Å². The molecule has 0 atom stereocenters. The number of benzene rings is 1. The van der Waals surface area contributed by atoms with Crippen LogP contribution in [0.2, 0.25) is 0 Å². The Morgan fingerprint density at radius 2 is 1.36 bits per heavy atom. The highest BCUT2D eigenvalue weighted by molar-refractivity contribution is 5.95. The van der Waals surface area contributed by atoms with E-state index in [0.29, 0.717) is 11.1 Å². The Balaban J connectivity index is 2.64. The summed E-state index contributed by atoms with van der Waals surface area (Å²) in [7, 11) is 0. The number of ether oxygens (including phenoxy) is 2. The molecule has 0 N–H and O–H groups in total. The highest BCUT2D eigenvalue weighted by Gasteiger charge is 2.11. The van der Waals surface area contributed by atoms with Gasteiger partial charge in [0.15, 0.2) is 0 Å². The summed E-state index contributed by atoms with van der Waals surface area (Å²) >= 11 is 0. The second kappa shape index (κ2) is 10.4. The normalized spacial score (nSPS) is 11.0. The minimum Gasteiger partial charge on any atom is -0.431 e. The molecule has 0 heterocycles. The first kappa shape index (κ1) is 17.7. The van der Waals surface area contributed by atoms with Gasteiger partial charge in [0.25, 0.3) is 0 Å². The minimum atomic E-state index is -0.497. The molecule has 4 heteroatoms. The van der Waals surface area contributed by atoms with Crippen molar-refractivity contribution in [2.24, 2.45) is 0 Å². The van der Waals surface area contributed by atoms with E-state index in [9.17, 15) is 9.59 Å². The number of allylic oxidation sites excluding steroid dienone is 2. The molecule has 0 aliphatic carbocycles. The molecule has 1 rings (SSSR count). The minimum absolute atomic E-state index is 0.313. The second-order valence-corrected chi connectivity index (χ2v) is 4.71. The SMILES string of the molecule is CCCC=COC(=O)c1cccc(C(=O)OC=CCCC)c1. The Morgan fingerprint density at radius 1 is 0.909 bits per heavy atom. The van der Waals surface area contributed by atoms with Crippen molar-refractivity contribution in [2.75, 3.05) is 0 Å². The van der Waals surface area contributed by atoms with Crippen LogP contribution in [0.4, 0.5) is 0 Å². The van der Waals surface area contributed by atoms with Gasteiger partial charge in [-0.25, -0.2) is 9.59 Å². The van der Waals surface area contributed by atoms with Crippen LogP contribution in [0, 0.1) is 0 Å². The predicted octanol–water partition coefficient (Wildman–Crippen LogP) is 4.63. The van der Waals surface area contributed by atoms with E-state index in [-0.39, 0.29) is 0 Å². The first-order chi connectivity index (χ1) is 10.7. The van der Waals surface area contributed by atoms with E-state index < -0.39 is 11.9 Å². The van der Waals surface area contributed by atoms with Crippen LogP contribution >= 0.6 is 0 Å². The van der Waals surface area contributed by atoms with Gasteiger partial charge in [-0.05, 0) is 43.2 Å².